The van der Waals surface area contributed by atoms with E-state index in [1.54, 1.807) is 19.1 Å². The van der Waals surface area contributed by atoms with Crippen molar-refractivity contribution in [2.45, 2.75) is 26.1 Å². The van der Waals surface area contributed by atoms with Gasteiger partial charge in [0.2, 0.25) is 0 Å². The van der Waals surface area contributed by atoms with Gasteiger partial charge in [-0.15, -0.1) is 0 Å². The molecule has 9 heteroatoms. The number of hydrogen-bond donors (Lipinski definition) is 1. The molecule has 1 N–H and O–H groups in total. The van der Waals surface area contributed by atoms with E-state index in [1.807, 2.05) is 6.07 Å². The van der Waals surface area contributed by atoms with Crippen molar-refractivity contribution in [3.05, 3.63) is 75.3 Å². The maximum Gasteiger partial charge on any atom is 0.416 e. The SMILES string of the molecule is Cc1cccc2nc3c(c(=O)n12)CN(C(=O)Nc1cccc(C(F)(F)F)c1)CC3. The minimum atomic E-state index is -4.50. The Morgan fingerprint density at radius 3 is 2.69 bits per heavy atom. The van der Waals surface area contributed by atoms with Gasteiger partial charge in [-0.25, -0.2) is 9.78 Å². The van der Waals surface area contributed by atoms with Crippen LogP contribution in [0.15, 0.2) is 47.3 Å². The van der Waals surface area contributed by atoms with Crippen LogP contribution in [0, 0.1) is 6.92 Å². The van der Waals surface area contributed by atoms with E-state index < -0.39 is 17.8 Å². The van der Waals surface area contributed by atoms with Gasteiger partial charge >= 0.3 is 12.2 Å². The van der Waals surface area contributed by atoms with Crippen molar-refractivity contribution < 1.29 is 18.0 Å². The van der Waals surface area contributed by atoms with Crippen LogP contribution in [0.2, 0.25) is 0 Å². The average Bonchev–Trinajstić information content (AvgIpc) is 2.67. The molecule has 0 aliphatic carbocycles. The molecule has 0 radical (unpaired) electrons. The average molecular weight is 402 g/mol. The first-order chi connectivity index (χ1) is 13.7. The molecule has 1 aliphatic rings. The topological polar surface area (TPSA) is 66.7 Å². The standard InChI is InChI=1S/C20H17F3N4O2/c1-12-4-2-7-17-25-16-8-9-26(11-15(16)18(28)27(12)17)19(29)24-14-6-3-5-13(10-14)20(21,22)23/h2-7,10H,8-9,11H2,1H3,(H,24,29). The number of amides is 2. The fraction of sp³-hybridized carbons (Fsp3) is 0.250. The van der Waals surface area contributed by atoms with E-state index in [4.69, 9.17) is 0 Å². The number of hydrogen-bond acceptors (Lipinski definition) is 3. The Morgan fingerprint density at radius 1 is 1.17 bits per heavy atom. The molecule has 0 bridgehead atoms. The minimum absolute atomic E-state index is 0.0415. The number of carbonyl (C=O) groups is 1. The van der Waals surface area contributed by atoms with Gasteiger partial charge < -0.3 is 10.2 Å². The summed E-state index contributed by atoms with van der Waals surface area (Å²) < 4.78 is 40.1. The Hall–Kier alpha value is -3.36. The highest BCUT2D eigenvalue weighted by Gasteiger charge is 2.31. The van der Waals surface area contributed by atoms with Crippen molar-refractivity contribution in [3.63, 3.8) is 0 Å². The number of urea groups is 1. The zero-order chi connectivity index (χ0) is 20.8. The number of carbonyl (C=O) groups excluding carboxylic acids is 1. The van der Waals surface area contributed by atoms with Crippen molar-refractivity contribution in [2.24, 2.45) is 0 Å². The highest BCUT2D eigenvalue weighted by molar-refractivity contribution is 5.89. The zero-order valence-corrected chi connectivity index (χ0v) is 15.5. The fourth-order valence-electron chi connectivity index (χ4n) is 3.44. The molecule has 29 heavy (non-hydrogen) atoms. The smallest absolute Gasteiger partial charge is 0.320 e. The third-order valence-corrected chi connectivity index (χ3v) is 4.92. The molecule has 6 nitrogen and oxygen atoms in total. The molecule has 0 saturated carbocycles. The van der Waals surface area contributed by atoms with Gasteiger partial charge in [0.15, 0.2) is 0 Å². The van der Waals surface area contributed by atoms with Crippen molar-refractivity contribution in [1.29, 1.82) is 0 Å². The number of alkyl halides is 3. The summed E-state index contributed by atoms with van der Waals surface area (Å²) in [5, 5.41) is 2.48. The summed E-state index contributed by atoms with van der Waals surface area (Å²) >= 11 is 0. The first-order valence-corrected chi connectivity index (χ1v) is 8.97. The molecule has 3 aromatic rings. The molecule has 3 heterocycles. The van der Waals surface area contributed by atoms with E-state index in [-0.39, 0.29) is 17.8 Å². The number of halogens is 3. The Kier molecular flexibility index (Phi) is 4.52. The number of anilines is 1. The van der Waals surface area contributed by atoms with E-state index >= 15 is 0 Å². The Bertz CT molecular complexity index is 1170. The third-order valence-electron chi connectivity index (χ3n) is 4.92. The third kappa shape index (κ3) is 3.55. The normalized spacial score (nSPS) is 14.0. The lowest BCUT2D eigenvalue weighted by molar-refractivity contribution is -0.137. The van der Waals surface area contributed by atoms with Crippen LogP contribution in [-0.4, -0.2) is 26.9 Å². The van der Waals surface area contributed by atoms with Gasteiger partial charge in [0.25, 0.3) is 5.56 Å². The van der Waals surface area contributed by atoms with E-state index in [0.717, 1.165) is 17.8 Å². The molecule has 0 unspecified atom stereocenters. The summed E-state index contributed by atoms with van der Waals surface area (Å²) in [4.78, 5) is 31.4. The van der Waals surface area contributed by atoms with Crippen LogP contribution >= 0.6 is 0 Å². The minimum Gasteiger partial charge on any atom is -0.320 e. The first-order valence-electron chi connectivity index (χ1n) is 8.97. The van der Waals surface area contributed by atoms with Crippen molar-refractivity contribution in [2.75, 3.05) is 11.9 Å². The predicted octanol–water partition coefficient (Wildman–Crippen LogP) is 3.61. The second-order valence-corrected chi connectivity index (χ2v) is 6.88. The molecule has 4 rings (SSSR count). The van der Waals surface area contributed by atoms with Crippen LogP contribution in [0.25, 0.3) is 5.65 Å². The number of pyridine rings is 1. The number of rotatable bonds is 1. The summed E-state index contributed by atoms with van der Waals surface area (Å²) in [5.74, 6) is 0. The predicted molar refractivity (Wildman–Crippen MR) is 101 cm³/mol. The fourth-order valence-corrected chi connectivity index (χ4v) is 3.44. The maximum atomic E-state index is 12.9. The second kappa shape index (κ2) is 6.91. The van der Waals surface area contributed by atoms with Gasteiger partial charge in [0, 0.05) is 24.3 Å². The molecule has 1 aliphatic heterocycles. The molecule has 2 aromatic heterocycles. The Balaban J connectivity index is 1.59. The number of fused-ring (bicyclic) bond motifs is 2. The van der Waals surface area contributed by atoms with Crippen molar-refractivity contribution in [3.8, 4) is 0 Å². The number of nitrogens with zero attached hydrogens (tertiary/aromatic N) is 3. The molecular formula is C20H17F3N4O2. The highest BCUT2D eigenvalue weighted by Crippen LogP contribution is 2.30. The highest BCUT2D eigenvalue weighted by atomic mass is 19.4. The molecule has 1 aromatic carbocycles. The molecule has 2 amide bonds. The molecule has 0 atom stereocenters. The molecule has 0 spiro atoms. The van der Waals surface area contributed by atoms with Gasteiger partial charge in [0.05, 0.1) is 23.4 Å². The van der Waals surface area contributed by atoms with Crippen molar-refractivity contribution >= 4 is 17.4 Å². The number of aromatic nitrogens is 2. The van der Waals surface area contributed by atoms with Gasteiger partial charge in [-0.3, -0.25) is 9.20 Å². The molecule has 150 valence electrons. The monoisotopic (exact) mass is 402 g/mol. The number of benzene rings is 1. The first kappa shape index (κ1) is 19.0. The molecule has 0 saturated heterocycles. The van der Waals surface area contributed by atoms with Gasteiger partial charge in [0.1, 0.15) is 5.65 Å². The number of aryl methyl sites for hydroxylation is 1. The Labute approximate surface area is 163 Å². The molecular weight excluding hydrogens is 385 g/mol. The summed E-state index contributed by atoms with van der Waals surface area (Å²) in [6.45, 7) is 2.15. The van der Waals surface area contributed by atoms with E-state index in [9.17, 15) is 22.8 Å². The van der Waals surface area contributed by atoms with Crippen LogP contribution in [0.4, 0.5) is 23.7 Å². The van der Waals surface area contributed by atoms with Gasteiger partial charge in [-0.05, 0) is 37.3 Å². The summed E-state index contributed by atoms with van der Waals surface area (Å²) in [5.41, 5.74) is 1.30. The van der Waals surface area contributed by atoms with Crippen LogP contribution in [0.1, 0.15) is 22.5 Å². The van der Waals surface area contributed by atoms with Crippen LogP contribution in [-0.2, 0) is 19.1 Å². The van der Waals surface area contributed by atoms with Crippen LogP contribution in [0.3, 0.4) is 0 Å². The number of nitrogens with one attached hydrogen (secondary N) is 1. The quantitative estimate of drug-likeness (QED) is 0.676. The second-order valence-electron chi connectivity index (χ2n) is 6.88. The maximum absolute atomic E-state index is 12.9. The lowest BCUT2D eigenvalue weighted by Gasteiger charge is -2.28. The van der Waals surface area contributed by atoms with E-state index in [1.165, 1.54) is 21.4 Å². The lowest BCUT2D eigenvalue weighted by Crippen LogP contribution is -2.42. The lowest BCUT2D eigenvalue weighted by atomic mass is 10.1. The summed E-state index contributed by atoms with van der Waals surface area (Å²) in [6.07, 6.45) is -4.10. The largest absolute Gasteiger partial charge is 0.416 e. The van der Waals surface area contributed by atoms with E-state index in [2.05, 4.69) is 10.3 Å². The van der Waals surface area contributed by atoms with E-state index in [0.29, 0.717) is 29.9 Å². The van der Waals surface area contributed by atoms with Gasteiger partial charge in [-0.1, -0.05) is 12.1 Å². The molecule has 0 fully saturated rings. The summed E-state index contributed by atoms with van der Waals surface area (Å²) in [7, 11) is 0. The van der Waals surface area contributed by atoms with Crippen molar-refractivity contribution in [1.82, 2.24) is 14.3 Å². The van der Waals surface area contributed by atoms with Crippen LogP contribution in [0.5, 0.6) is 0 Å². The van der Waals surface area contributed by atoms with Gasteiger partial charge in [-0.2, -0.15) is 13.2 Å². The zero-order valence-electron chi connectivity index (χ0n) is 15.5. The summed E-state index contributed by atoms with van der Waals surface area (Å²) in [6, 6.07) is 9.24. The van der Waals surface area contributed by atoms with Crippen LogP contribution < -0.4 is 10.9 Å². The Morgan fingerprint density at radius 2 is 1.93 bits per heavy atom.